The number of aliphatic hydroxyl groups is 5. The molecule has 8 heterocycles. The lowest BCUT2D eigenvalue weighted by Gasteiger charge is -2.24. The Morgan fingerprint density at radius 3 is 0.918 bits per heavy atom. The highest BCUT2D eigenvalue weighted by Crippen LogP contribution is 2.42. The van der Waals surface area contributed by atoms with Crippen LogP contribution in [0.1, 0.15) is 134 Å². The normalized spacial score (nSPS) is 14.3. The van der Waals surface area contributed by atoms with Gasteiger partial charge in [0.25, 0.3) is 47.3 Å². The van der Waals surface area contributed by atoms with E-state index in [1.807, 2.05) is 0 Å². The molecule has 0 saturated heterocycles. The molecule has 146 heavy (non-hydrogen) atoms. The van der Waals surface area contributed by atoms with E-state index >= 15 is 0 Å². The molecule has 0 saturated carbocycles. The number of nitrogens with zero attached hydrogens (tertiary/aromatic N) is 6. The van der Waals surface area contributed by atoms with Crippen molar-refractivity contribution in [2.45, 2.75) is 70.7 Å². The van der Waals surface area contributed by atoms with Gasteiger partial charge >= 0.3 is 6.09 Å². The molecule has 0 aliphatic carbocycles. The van der Waals surface area contributed by atoms with Crippen molar-refractivity contribution in [2.75, 3.05) is 152 Å². The zero-order valence-corrected chi connectivity index (χ0v) is 80.8. The molecule has 0 aromatic heterocycles. The number of aliphatic hydroxyl groups excluding tert-OH is 5. The van der Waals surface area contributed by atoms with E-state index < -0.39 is 47.5 Å². The van der Waals surface area contributed by atoms with Gasteiger partial charge in [-0.2, -0.15) is 0 Å². The second-order valence-electron chi connectivity index (χ2n) is 31.7. The number of phenolic OH excluding ortho intramolecular Hbond substituents is 1. The van der Waals surface area contributed by atoms with Gasteiger partial charge in [0.1, 0.15) is 46.2 Å². The van der Waals surface area contributed by atoms with E-state index in [1.165, 1.54) is 19.9 Å². The van der Waals surface area contributed by atoms with Crippen molar-refractivity contribution in [3.8, 4) is 51.7 Å². The number of ether oxygens (including phenoxy) is 9. The van der Waals surface area contributed by atoms with Crippen molar-refractivity contribution in [3.05, 3.63) is 235 Å². The number of amides is 9. The summed E-state index contributed by atoms with van der Waals surface area (Å²) >= 11 is 15.0. The number of Topliss-reactive ketones (excluding diaryl/α,β-unsaturated/α-hetero) is 4. The van der Waals surface area contributed by atoms with E-state index in [-0.39, 0.29) is 191 Å². The first kappa shape index (κ1) is 115. The van der Waals surface area contributed by atoms with Crippen LogP contribution in [0.2, 0.25) is 0 Å². The summed E-state index contributed by atoms with van der Waals surface area (Å²) in [6.07, 6.45) is -4.83. The highest BCUT2D eigenvalue weighted by Gasteiger charge is 2.31. The van der Waals surface area contributed by atoms with Gasteiger partial charge < -0.3 is 144 Å². The van der Waals surface area contributed by atoms with Crippen molar-refractivity contribution in [3.63, 3.8) is 0 Å². The molecule has 51 heteroatoms. The molecule has 0 fully saturated rings. The monoisotopic (exact) mass is 2080 g/mol. The van der Waals surface area contributed by atoms with Crippen LogP contribution in [0.5, 0.6) is 51.7 Å². The van der Waals surface area contributed by atoms with Crippen molar-refractivity contribution in [1.82, 2.24) is 5.32 Å². The number of benzene rings is 9. The number of azide groups is 2. The number of fused-ring (bicyclic) bond motifs is 8. The van der Waals surface area contributed by atoms with Crippen molar-refractivity contribution >= 4 is 168 Å². The molecule has 0 spiro atoms. The van der Waals surface area contributed by atoms with Gasteiger partial charge in [0.15, 0.2) is 93.2 Å². The standard InChI is InChI=1S/C15H20N2O5.C10H8ClNO3.C10H10N4O3.C10H8N4O3.3C10H12N2O3.C10H9NO3.C8H9NO2.C2H2Cl2O/c1-15(2,3)22-14(20)16-7-11(18)9-5-4-6-10-13(9)21-8-12(19)17-10;11-4-8(13)6-2-1-3-7-10(6)15-5-9(14)12-7;2*11-14-12-4-8(15)6-2-1-3-7-10(6)17-5-9(16)13-7;3*11-4-8(13)6-2-1-3-7-10(6)15-5-9(14)12-7;1-6(12)7-3-2-4-8-10(7)14-5-9(13)11-8;1-5(10)6-3-2-4-7(9)8(6)11;3-1-2(4)5/h4-6,11,18H,7-8H2,1-3H3,(H,16,20)(H,17,19);1-3H,4-5H2,(H,12,14);1-3,8,15H,4-5H2,(H,13,16);1-3H,4-5H2,(H,13,16);3*1-3,8,13H,4-5,11H2,(H,12,14);2-4H,5H2,1H3,(H,11,13);2-4,11H,9H2,1H3;1H2/t;;;;2*8-;;;;/m....10..../s1. The highest BCUT2D eigenvalue weighted by atomic mass is 35.5. The SMILES string of the molecule is CC(=O)c1cccc(N)c1O.CC(=O)c1cccc2c1OCC(=O)N2.CC(C)(C)OC(=O)NCC(O)c1cccc2c1OCC(=O)N2.NCC(O)c1cccc2c1OCC(=O)N2.NC[C@@H](O)c1cccc2c1OCC(=O)N2.NC[C@H](O)c1cccc2c1OCC(=O)N2.O=C(Cl)CCl.O=C1COc2c(cccc2C(=O)CCl)N1.[N-]=[N+]=NCC(=O)c1cccc2c1OCC(=O)N2.[N-]=[N+]=NCC(O)c1cccc2c1OCC(=O)N2. The first-order valence-electron chi connectivity index (χ1n) is 43.6. The lowest BCUT2D eigenvalue weighted by atomic mass is 10.1. The second kappa shape index (κ2) is 56.4. The number of anilines is 9. The van der Waals surface area contributed by atoms with Gasteiger partial charge in [-0.15, -0.1) is 23.2 Å². The van der Waals surface area contributed by atoms with Crippen LogP contribution in [0.25, 0.3) is 20.9 Å². The predicted molar refractivity (Wildman–Crippen MR) is 532 cm³/mol. The Kier molecular flexibility index (Phi) is 44.3. The number of alkyl carbamates (subject to hydrolysis) is 1. The molecular weight excluding hydrogens is 1980 g/mol. The molecule has 0 bridgehead atoms. The zero-order valence-electron chi connectivity index (χ0n) is 78.5. The quantitative estimate of drug-likeness (QED) is 0.00493. The van der Waals surface area contributed by atoms with Gasteiger partial charge in [-0.05, 0) is 136 Å². The van der Waals surface area contributed by atoms with Crippen molar-refractivity contribution < 1.29 is 140 Å². The summed E-state index contributed by atoms with van der Waals surface area (Å²) in [4.78, 5) is 160. The number of halogens is 3. The summed E-state index contributed by atoms with van der Waals surface area (Å²) in [5.41, 5.74) is 46.0. The Balaban J connectivity index is 0.000000200. The average Bonchev–Trinajstić information content (AvgIpc) is 1.38. The number of ketones is 4. The zero-order chi connectivity index (χ0) is 107. The third-order valence-electron chi connectivity index (χ3n) is 19.8. The van der Waals surface area contributed by atoms with Gasteiger partial charge in [-0.1, -0.05) is 95.2 Å². The predicted octanol–water partition coefficient (Wildman–Crippen LogP) is 9.30. The lowest BCUT2D eigenvalue weighted by Crippen LogP contribution is -2.35. The number of aromatic hydroxyl groups is 1. The summed E-state index contributed by atoms with van der Waals surface area (Å²) in [7, 11) is 0. The average molecular weight is 2080 g/mol. The molecule has 9 aromatic carbocycles. The van der Waals surface area contributed by atoms with Gasteiger partial charge in [0.05, 0.1) is 129 Å². The van der Waals surface area contributed by atoms with E-state index in [4.69, 9.17) is 111 Å². The third-order valence-corrected chi connectivity index (χ3v) is 20.6. The molecule has 0 radical (unpaired) electrons. The van der Waals surface area contributed by atoms with Crippen LogP contribution < -0.4 is 109 Å². The number of rotatable bonds is 20. The lowest BCUT2D eigenvalue weighted by molar-refractivity contribution is -0.119. The first-order valence-corrected chi connectivity index (χ1v) is 45.0. The topological polar surface area (TPSA) is 753 Å². The number of para-hydroxylation sites is 9. The second-order valence-corrected chi connectivity index (χ2v) is 32.6. The highest BCUT2D eigenvalue weighted by molar-refractivity contribution is 6.67. The minimum Gasteiger partial charge on any atom is -0.505 e. The molecule has 5 atom stereocenters. The number of hydrogen-bond donors (Lipinski definition) is 19. The molecular formula is C95H102Cl3N19O29. The van der Waals surface area contributed by atoms with E-state index in [9.17, 15) is 97.8 Å². The summed E-state index contributed by atoms with van der Waals surface area (Å²) in [5.74, 6) is 0.675. The van der Waals surface area contributed by atoms with E-state index in [1.54, 1.807) is 178 Å². The first-order chi connectivity index (χ1) is 69.7. The smallest absolute Gasteiger partial charge is 0.407 e. The number of carbonyl (C=O) groups is 14. The number of alkyl halides is 2. The van der Waals surface area contributed by atoms with Crippen molar-refractivity contribution in [1.29, 1.82) is 0 Å². The Bertz CT molecular complexity index is 6240. The van der Waals surface area contributed by atoms with Crippen LogP contribution in [0.4, 0.5) is 56.0 Å². The maximum atomic E-state index is 11.7. The van der Waals surface area contributed by atoms with E-state index in [0.717, 1.165) is 0 Å². The van der Waals surface area contributed by atoms with Gasteiger partial charge in [0, 0.05) is 57.3 Å². The number of phenols is 1. The van der Waals surface area contributed by atoms with Crippen LogP contribution in [-0.2, 0) is 47.9 Å². The molecule has 8 aliphatic heterocycles. The number of nitrogens with two attached hydrogens (primary N) is 4. The number of nitrogens with one attached hydrogen (secondary N) is 9. The Hall–Kier alpha value is -16.5. The van der Waals surface area contributed by atoms with Crippen LogP contribution in [0, 0.1) is 0 Å². The fraction of sp³-hybridized carbons (Fsp3) is 0.284. The Morgan fingerprint density at radius 1 is 0.390 bits per heavy atom. The molecule has 17 rings (SSSR count). The molecule has 23 N–H and O–H groups in total. The molecule has 48 nitrogen and oxygen atoms in total. The summed E-state index contributed by atoms with van der Waals surface area (Å²) in [5, 5.41) is 87.8. The van der Waals surface area contributed by atoms with E-state index in [2.05, 4.69) is 67.9 Å². The number of nitrogen functional groups attached to an aromatic ring is 1. The largest absolute Gasteiger partial charge is 0.505 e. The van der Waals surface area contributed by atoms with Crippen LogP contribution in [-0.4, -0.2) is 222 Å². The number of hydrogen-bond acceptors (Lipinski definition) is 35. The van der Waals surface area contributed by atoms with Crippen LogP contribution >= 0.6 is 34.8 Å². The van der Waals surface area contributed by atoms with Gasteiger partial charge in [-0.3, -0.25) is 62.3 Å². The summed E-state index contributed by atoms with van der Waals surface area (Å²) in [6, 6.07) is 45.3. The maximum Gasteiger partial charge on any atom is 0.407 e. The number of carbonyl (C=O) groups excluding carboxylic acids is 14. The third kappa shape index (κ3) is 33.9. The molecule has 9 amide bonds. The Morgan fingerprint density at radius 2 is 0.644 bits per heavy atom. The summed E-state index contributed by atoms with van der Waals surface area (Å²) in [6.45, 7) is 7.61. The van der Waals surface area contributed by atoms with Crippen molar-refractivity contribution in [2.24, 2.45) is 27.4 Å². The minimum absolute atomic E-state index is 0.0251. The van der Waals surface area contributed by atoms with E-state index in [0.29, 0.717) is 136 Å². The molecule has 3 unspecified atom stereocenters. The fourth-order valence-electron chi connectivity index (χ4n) is 13.4. The fourth-order valence-corrected chi connectivity index (χ4v) is 13.5. The summed E-state index contributed by atoms with van der Waals surface area (Å²) < 4.78 is 47.1. The molecule has 8 aliphatic rings. The molecule has 9 aromatic rings. The molecule has 772 valence electrons. The minimum atomic E-state index is -0.975. The Labute approximate surface area is 845 Å². The maximum absolute atomic E-state index is 11.7. The van der Waals surface area contributed by atoms with Gasteiger partial charge in [-0.25, -0.2) is 4.79 Å². The van der Waals surface area contributed by atoms with Crippen LogP contribution in [0.15, 0.2) is 174 Å². The van der Waals surface area contributed by atoms with Gasteiger partial charge in [0.2, 0.25) is 5.24 Å². The van der Waals surface area contributed by atoms with Crippen LogP contribution in [0.3, 0.4) is 0 Å².